The first-order valence-electron chi connectivity index (χ1n) is 10.2. The SMILES string of the molecule is CCCC[C@@H](NC(=O)[C@@H]1CCCN1C(=O)CN)C(=O)NCCc1ccccc1. The molecule has 1 fully saturated rings. The fraction of sp³-hybridized carbons (Fsp3) is 0.571. The van der Waals surface area contributed by atoms with Crippen LogP contribution in [-0.4, -0.2) is 54.3 Å². The average molecular weight is 389 g/mol. The number of likely N-dealkylation sites (tertiary alicyclic amines) is 1. The number of benzene rings is 1. The second kappa shape index (κ2) is 11.4. The van der Waals surface area contributed by atoms with E-state index in [0.29, 0.717) is 25.9 Å². The summed E-state index contributed by atoms with van der Waals surface area (Å²) in [5.74, 6) is -0.666. The number of carbonyl (C=O) groups excluding carboxylic acids is 3. The summed E-state index contributed by atoms with van der Waals surface area (Å²) in [5.41, 5.74) is 6.60. The minimum Gasteiger partial charge on any atom is -0.354 e. The summed E-state index contributed by atoms with van der Waals surface area (Å²) in [6.45, 7) is 2.99. The Balaban J connectivity index is 1.91. The molecule has 0 radical (unpaired) electrons. The fourth-order valence-electron chi connectivity index (χ4n) is 3.50. The van der Waals surface area contributed by atoms with Gasteiger partial charge in [-0.2, -0.15) is 0 Å². The van der Waals surface area contributed by atoms with Gasteiger partial charge in [0, 0.05) is 13.1 Å². The highest BCUT2D eigenvalue weighted by Gasteiger charge is 2.35. The van der Waals surface area contributed by atoms with Crippen molar-refractivity contribution in [3.63, 3.8) is 0 Å². The van der Waals surface area contributed by atoms with Crippen LogP contribution < -0.4 is 16.4 Å². The van der Waals surface area contributed by atoms with Crippen molar-refractivity contribution in [1.29, 1.82) is 0 Å². The molecule has 1 aliphatic rings. The number of nitrogens with one attached hydrogen (secondary N) is 2. The summed E-state index contributed by atoms with van der Waals surface area (Å²) in [6, 6.07) is 8.82. The molecule has 2 rings (SSSR count). The molecular formula is C21H32N4O3. The second-order valence-electron chi connectivity index (χ2n) is 7.18. The summed E-state index contributed by atoms with van der Waals surface area (Å²) < 4.78 is 0. The van der Waals surface area contributed by atoms with Gasteiger partial charge in [0.2, 0.25) is 17.7 Å². The van der Waals surface area contributed by atoms with E-state index in [0.717, 1.165) is 31.2 Å². The fourth-order valence-corrected chi connectivity index (χ4v) is 3.50. The molecule has 0 saturated carbocycles. The van der Waals surface area contributed by atoms with E-state index in [2.05, 4.69) is 10.6 Å². The molecule has 4 N–H and O–H groups in total. The molecule has 154 valence electrons. The number of nitrogens with zero attached hydrogens (tertiary/aromatic N) is 1. The van der Waals surface area contributed by atoms with Crippen molar-refractivity contribution in [3.8, 4) is 0 Å². The first kappa shape index (κ1) is 21.9. The van der Waals surface area contributed by atoms with Crippen LogP contribution in [0.4, 0.5) is 0 Å². The van der Waals surface area contributed by atoms with Crippen molar-refractivity contribution in [2.75, 3.05) is 19.6 Å². The molecule has 0 unspecified atom stereocenters. The third-order valence-corrected chi connectivity index (χ3v) is 5.09. The van der Waals surface area contributed by atoms with E-state index >= 15 is 0 Å². The zero-order valence-corrected chi connectivity index (χ0v) is 16.7. The van der Waals surface area contributed by atoms with Gasteiger partial charge in [-0.05, 0) is 31.2 Å². The Morgan fingerprint density at radius 3 is 2.68 bits per heavy atom. The number of rotatable bonds is 10. The topological polar surface area (TPSA) is 105 Å². The maximum atomic E-state index is 12.7. The van der Waals surface area contributed by atoms with E-state index in [4.69, 9.17) is 5.73 Å². The molecule has 7 nitrogen and oxygen atoms in total. The van der Waals surface area contributed by atoms with Crippen LogP contribution in [0.15, 0.2) is 30.3 Å². The predicted octanol–water partition coefficient (Wildman–Crippen LogP) is 0.970. The molecule has 0 spiro atoms. The number of hydrogen-bond donors (Lipinski definition) is 3. The highest BCUT2D eigenvalue weighted by Crippen LogP contribution is 2.17. The minimum atomic E-state index is -0.585. The summed E-state index contributed by atoms with van der Waals surface area (Å²) in [5, 5.41) is 5.79. The predicted molar refractivity (Wildman–Crippen MR) is 108 cm³/mol. The Kier molecular flexibility index (Phi) is 8.94. The Bertz CT molecular complexity index is 650. The monoisotopic (exact) mass is 388 g/mol. The minimum absolute atomic E-state index is 0.108. The molecule has 1 aromatic carbocycles. The first-order chi connectivity index (χ1) is 13.6. The largest absolute Gasteiger partial charge is 0.354 e. The third kappa shape index (κ3) is 6.34. The highest BCUT2D eigenvalue weighted by atomic mass is 16.2. The highest BCUT2D eigenvalue weighted by molar-refractivity contribution is 5.92. The molecule has 3 amide bonds. The van der Waals surface area contributed by atoms with Crippen molar-refractivity contribution in [2.24, 2.45) is 5.73 Å². The zero-order chi connectivity index (χ0) is 20.4. The van der Waals surface area contributed by atoms with Crippen LogP contribution in [0.2, 0.25) is 0 Å². The Morgan fingerprint density at radius 1 is 1.25 bits per heavy atom. The van der Waals surface area contributed by atoms with Gasteiger partial charge >= 0.3 is 0 Å². The van der Waals surface area contributed by atoms with Gasteiger partial charge in [0.25, 0.3) is 0 Å². The zero-order valence-electron chi connectivity index (χ0n) is 16.7. The number of amides is 3. The summed E-state index contributed by atoms with van der Waals surface area (Å²) in [7, 11) is 0. The first-order valence-corrected chi connectivity index (χ1v) is 10.2. The molecule has 1 aromatic rings. The van der Waals surface area contributed by atoms with Crippen molar-refractivity contribution in [2.45, 2.75) is 57.5 Å². The van der Waals surface area contributed by atoms with Gasteiger partial charge in [0.05, 0.1) is 6.54 Å². The lowest BCUT2D eigenvalue weighted by atomic mass is 10.1. The van der Waals surface area contributed by atoms with Crippen LogP contribution >= 0.6 is 0 Å². The van der Waals surface area contributed by atoms with E-state index < -0.39 is 12.1 Å². The molecule has 0 bridgehead atoms. The van der Waals surface area contributed by atoms with Crippen LogP contribution in [0.3, 0.4) is 0 Å². The van der Waals surface area contributed by atoms with Crippen LogP contribution in [0.1, 0.15) is 44.6 Å². The Hall–Kier alpha value is -2.41. The quantitative estimate of drug-likeness (QED) is 0.555. The Morgan fingerprint density at radius 2 is 2.00 bits per heavy atom. The number of carbonyl (C=O) groups is 3. The van der Waals surface area contributed by atoms with Gasteiger partial charge in [-0.1, -0.05) is 50.1 Å². The number of unbranched alkanes of at least 4 members (excludes halogenated alkanes) is 1. The Labute approximate surface area is 167 Å². The van der Waals surface area contributed by atoms with Gasteiger partial charge in [0.15, 0.2) is 0 Å². The van der Waals surface area contributed by atoms with Gasteiger partial charge in [-0.3, -0.25) is 14.4 Å². The van der Waals surface area contributed by atoms with E-state index in [1.54, 1.807) is 0 Å². The van der Waals surface area contributed by atoms with Crippen LogP contribution in [0.25, 0.3) is 0 Å². The number of hydrogen-bond acceptors (Lipinski definition) is 4. The van der Waals surface area contributed by atoms with Crippen molar-refractivity contribution in [3.05, 3.63) is 35.9 Å². The van der Waals surface area contributed by atoms with Gasteiger partial charge in [-0.25, -0.2) is 0 Å². The second-order valence-corrected chi connectivity index (χ2v) is 7.18. The lowest BCUT2D eigenvalue weighted by molar-refractivity contribution is -0.138. The van der Waals surface area contributed by atoms with Crippen molar-refractivity contribution < 1.29 is 14.4 Å². The molecule has 2 atom stereocenters. The molecular weight excluding hydrogens is 356 g/mol. The molecule has 28 heavy (non-hydrogen) atoms. The van der Waals surface area contributed by atoms with Crippen LogP contribution in [0.5, 0.6) is 0 Å². The lowest BCUT2D eigenvalue weighted by Gasteiger charge is -2.26. The molecule has 1 saturated heterocycles. The summed E-state index contributed by atoms with van der Waals surface area (Å²) >= 11 is 0. The molecule has 0 aliphatic carbocycles. The summed E-state index contributed by atoms with van der Waals surface area (Å²) in [4.78, 5) is 38.8. The van der Waals surface area contributed by atoms with Crippen molar-refractivity contribution >= 4 is 17.7 Å². The van der Waals surface area contributed by atoms with Gasteiger partial charge in [-0.15, -0.1) is 0 Å². The molecule has 7 heteroatoms. The van der Waals surface area contributed by atoms with Crippen molar-refractivity contribution in [1.82, 2.24) is 15.5 Å². The van der Waals surface area contributed by atoms with Crippen LogP contribution in [-0.2, 0) is 20.8 Å². The van der Waals surface area contributed by atoms with Gasteiger partial charge < -0.3 is 21.3 Å². The number of nitrogens with two attached hydrogens (primary N) is 1. The normalized spacial score (nSPS) is 17.2. The smallest absolute Gasteiger partial charge is 0.243 e. The standard InChI is InChI=1S/C21H32N4O3/c1-2-3-10-17(20(27)23-13-12-16-8-5-4-6-9-16)24-21(28)18-11-7-14-25(18)19(26)15-22/h4-6,8-9,17-18H,2-3,7,10-15,22H2,1H3,(H,23,27)(H,24,28)/t17-,18+/m1/s1. The molecule has 1 aliphatic heterocycles. The van der Waals surface area contributed by atoms with Gasteiger partial charge in [0.1, 0.15) is 12.1 Å². The van der Waals surface area contributed by atoms with E-state index in [1.165, 1.54) is 4.90 Å². The average Bonchev–Trinajstić information content (AvgIpc) is 3.21. The van der Waals surface area contributed by atoms with Crippen LogP contribution in [0, 0.1) is 0 Å². The summed E-state index contributed by atoms with van der Waals surface area (Å²) in [6.07, 6.45) is 4.47. The van der Waals surface area contributed by atoms with E-state index in [1.807, 2.05) is 37.3 Å². The van der Waals surface area contributed by atoms with E-state index in [-0.39, 0.29) is 24.3 Å². The lowest BCUT2D eigenvalue weighted by Crippen LogP contribution is -2.54. The molecule has 1 heterocycles. The maximum absolute atomic E-state index is 12.7. The molecule has 0 aromatic heterocycles. The van der Waals surface area contributed by atoms with E-state index in [9.17, 15) is 14.4 Å². The maximum Gasteiger partial charge on any atom is 0.243 e. The third-order valence-electron chi connectivity index (χ3n) is 5.09.